The molecular weight excluding hydrogens is 208 g/mol. The van der Waals surface area contributed by atoms with E-state index >= 15 is 0 Å². The molecule has 0 unspecified atom stereocenters. The minimum atomic E-state index is 0.0585. The molecule has 1 aromatic heterocycles. The van der Waals surface area contributed by atoms with E-state index in [0.717, 1.165) is 17.1 Å². The van der Waals surface area contributed by atoms with E-state index in [1.54, 1.807) is 0 Å². The molecule has 0 fully saturated rings. The number of rotatable bonds is 1. The lowest BCUT2D eigenvalue weighted by atomic mass is 9.86. The van der Waals surface area contributed by atoms with Crippen molar-refractivity contribution >= 4 is 0 Å². The number of nitrogens with zero attached hydrogens (tertiary/aromatic N) is 2. The van der Waals surface area contributed by atoms with Gasteiger partial charge in [-0.15, -0.1) is 0 Å². The lowest BCUT2D eigenvalue weighted by molar-refractivity contribution is 0.521. The molecule has 0 saturated carbocycles. The number of hydrogen-bond donors (Lipinski definition) is 0. The molecule has 0 atom stereocenters. The lowest BCUT2D eigenvalue weighted by Gasteiger charge is -2.25. The van der Waals surface area contributed by atoms with Crippen LogP contribution in [-0.2, 0) is 10.8 Å². The van der Waals surface area contributed by atoms with Crippen molar-refractivity contribution in [1.29, 1.82) is 0 Å². The second-order valence-electron chi connectivity index (χ2n) is 7.14. The Kier molecular flexibility index (Phi) is 3.66. The molecule has 17 heavy (non-hydrogen) atoms. The molecule has 2 nitrogen and oxygen atoms in total. The maximum absolute atomic E-state index is 4.85. The molecule has 0 aliphatic heterocycles. The van der Waals surface area contributed by atoms with Gasteiger partial charge in [0.25, 0.3) is 0 Å². The van der Waals surface area contributed by atoms with Crippen LogP contribution in [0.5, 0.6) is 0 Å². The van der Waals surface area contributed by atoms with Gasteiger partial charge in [-0.05, 0) is 5.92 Å². The van der Waals surface area contributed by atoms with Gasteiger partial charge in [0.05, 0.1) is 17.1 Å². The molecule has 0 N–H and O–H groups in total. The van der Waals surface area contributed by atoms with E-state index in [1.165, 1.54) is 0 Å². The van der Waals surface area contributed by atoms with Crippen LogP contribution in [0.1, 0.15) is 78.4 Å². The van der Waals surface area contributed by atoms with Crippen molar-refractivity contribution < 1.29 is 0 Å². The molecule has 0 aliphatic rings. The van der Waals surface area contributed by atoms with Crippen molar-refractivity contribution in [3.8, 4) is 0 Å². The van der Waals surface area contributed by atoms with Gasteiger partial charge in [0.1, 0.15) is 0 Å². The first-order chi connectivity index (χ1) is 7.53. The lowest BCUT2D eigenvalue weighted by Crippen LogP contribution is -2.22. The fourth-order valence-corrected chi connectivity index (χ4v) is 1.75. The molecule has 1 rings (SSSR count). The minimum absolute atomic E-state index is 0.0585. The zero-order valence-corrected chi connectivity index (χ0v) is 12.5. The first-order valence-electron chi connectivity index (χ1n) is 6.41. The average molecular weight is 234 g/mol. The van der Waals surface area contributed by atoms with E-state index in [9.17, 15) is 0 Å². The Morgan fingerprint density at radius 2 is 1.47 bits per heavy atom. The zero-order valence-electron chi connectivity index (χ0n) is 12.5. The van der Waals surface area contributed by atoms with Crippen molar-refractivity contribution in [3.05, 3.63) is 23.3 Å². The van der Waals surface area contributed by atoms with Crippen LogP contribution in [0.3, 0.4) is 0 Å². The van der Waals surface area contributed by atoms with Gasteiger partial charge >= 0.3 is 0 Å². The highest BCUT2D eigenvalue weighted by atomic mass is 14.9. The van der Waals surface area contributed by atoms with Crippen LogP contribution in [-0.4, -0.2) is 9.97 Å². The monoisotopic (exact) mass is 234 g/mol. The predicted molar refractivity (Wildman–Crippen MR) is 73.5 cm³/mol. The van der Waals surface area contributed by atoms with Crippen LogP contribution >= 0.6 is 0 Å². The maximum atomic E-state index is 4.85. The predicted octanol–water partition coefficient (Wildman–Crippen LogP) is 4.20. The molecule has 0 radical (unpaired) electrons. The Bertz CT molecular complexity index is 392. The summed E-state index contributed by atoms with van der Waals surface area (Å²) in [6.07, 6.45) is 1.94. The van der Waals surface area contributed by atoms with Crippen LogP contribution in [0.15, 0.2) is 6.20 Å². The summed E-state index contributed by atoms with van der Waals surface area (Å²) < 4.78 is 0. The first kappa shape index (κ1) is 14.1. The van der Waals surface area contributed by atoms with Gasteiger partial charge in [0.15, 0.2) is 0 Å². The Labute approximate surface area is 106 Å². The molecular formula is C15H26N2. The third kappa shape index (κ3) is 3.27. The topological polar surface area (TPSA) is 25.8 Å². The van der Waals surface area contributed by atoms with E-state index in [0.29, 0.717) is 5.92 Å². The standard InChI is InChI=1S/C15H26N2/c1-10(2)12-13(15(6,7)8)16-9-11(17-12)14(3,4)5/h9-10H,1-8H3. The summed E-state index contributed by atoms with van der Waals surface area (Å²) in [4.78, 5) is 9.52. The molecule has 2 heteroatoms. The SMILES string of the molecule is CC(C)c1nc(C(C)(C)C)cnc1C(C)(C)C. The summed E-state index contributed by atoms with van der Waals surface area (Å²) in [6.45, 7) is 17.5. The Morgan fingerprint density at radius 1 is 0.941 bits per heavy atom. The zero-order chi connectivity index (χ0) is 13.4. The summed E-state index contributed by atoms with van der Waals surface area (Å²) in [6, 6.07) is 0. The highest BCUT2D eigenvalue weighted by Gasteiger charge is 2.25. The molecule has 0 aliphatic carbocycles. The van der Waals surface area contributed by atoms with Gasteiger partial charge < -0.3 is 0 Å². The van der Waals surface area contributed by atoms with Crippen molar-refractivity contribution in [3.63, 3.8) is 0 Å². The smallest absolute Gasteiger partial charge is 0.0675 e. The van der Waals surface area contributed by atoms with Gasteiger partial charge in [-0.25, -0.2) is 0 Å². The van der Waals surface area contributed by atoms with Gasteiger partial charge in [0.2, 0.25) is 0 Å². The summed E-state index contributed by atoms with van der Waals surface area (Å²) in [5.41, 5.74) is 3.47. The van der Waals surface area contributed by atoms with Crippen LogP contribution in [0.2, 0.25) is 0 Å². The fraction of sp³-hybridized carbons (Fsp3) is 0.733. The van der Waals surface area contributed by atoms with E-state index < -0.39 is 0 Å². The van der Waals surface area contributed by atoms with E-state index in [1.807, 2.05) is 6.20 Å². The van der Waals surface area contributed by atoms with Crippen LogP contribution < -0.4 is 0 Å². The van der Waals surface area contributed by atoms with Crippen LogP contribution in [0.25, 0.3) is 0 Å². The first-order valence-corrected chi connectivity index (χ1v) is 6.41. The number of hydrogen-bond acceptors (Lipinski definition) is 2. The molecule has 0 bridgehead atoms. The van der Waals surface area contributed by atoms with Gasteiger partial charge in [-0.2, -0.15) is 0 Å². The summed E-state index contributed by atoms with van der Waals surface area (Å²) in [5.74, 6) is 0.416. The highest BCUT2D eigenvalue weighted by molar-refractivity contribution is 5.25. The molecule has 1 heterocycles. The quantitative estimate of drug-likeness (QED) is 0.728. The molecule has 0 aromatic carbocycles. The normalized spacial score (nSPS) is 13.2. The molecule has 0 saturated heterocycles. The third-order valence-electron chi connectivity index (χ3n) is 2.83. The van der Waals surface area contributed by atoms with Crippen LogP contribution in [0, 0.1) is 0 Å². The highest BCUT2D eigenvalue weighted by Crippen LogP contribution is 2.29. The maximum Gasteiger partial charge on any atom is 0.0675 e. The Hall–Kier alpha value is -0.920. The van der Waals surface area contributed by atoms with Gasteiger partial charge in [-0.1, -0.05) is 55.4 Å². The van der Waals surface area contributed by atoms with Crippen molar-refractivity contribution in [2.24, 2.45) is 0 Å². The summed E-state index contributed by atoms with van der Waals surface area (Å²) in [7, 11) is 0. The second-order valence-corrected chi connectivity index (χ2v) is 7.14. The van der Waals surface area contributed by atoms with E-state index in [2.05, 4.69) is 60.4 Å². The summed E-state index contributed by atoms with van der Waals surface area (Å²) >= 11 is 0. The fourth-order valence-electron chi connectivity index (χ4n) is 1.75. The second kappa shape index (κ2) is 4.40. The van der Waals surface area contributed by atoms with Gasteiger partial charge in [-0.3, -0.25) is 9.97 Å². The Morgan fingerprint density at radius 3 is 1.82 bits per heavy atom. The largest absolute Gasteiger partial charge is 0.257 e. The minimum Gasteiger partial charge on any atom is -0.257 e. The van der Waals surface area contributed by atoms with Crippen molar-refractivity contribution in [2.45, 2.75) is 72.1 Å². The van der Waals surface area contributed by atoms with Crippen molar-refractivity contribution in [2.75, 3.05) is 0 Å². The third-order valence-corrected chi connectivity index (χ3v) is 2.83. The summed E-state index contributed by atoms with van der Waals surface area (Å²) in [5, 5.41) is 0. The average Bonchev–Trinajstić information content (AvgIpc) is 2.14. The van der Waals surface area contributed by atoms with Crippen LogP contribution in [0.4, 0.5) is 0 Å². The molecule has 1 aromatic rings. The van der Waals surface area contributed by atoms with Crippen molar-refractivity contribution in [1.82, 2.24) is 9.97 Å². The van der Waals surface area contributed by atoms with E-state index in [4.69, 9.17) is 4.98 Å². The van der Waals surface area contributed by atoms with Gasteiger partial charge in [0, 0.05) is 17.0 Å². The van der Waals surface area contributed by atoms with E-state index in [-0.39, 0.29) is 10.8 Å². The number of aromatic nitrogens is 2. The molecule has 0 amide bonds. The Balaban J connectivity index is 3.38. The molecule has 96 valence electrons. The molecule has 0 spiro atoms.